The Balaban J connectivity index is 2.16. The third-order valence-corrected chi connectivity index (χ3v) is 3.22. The summed E-state index contributed by atoms with van der Waals surface area (Å²) in [5.74, 6) is -1.18. The lowest BCUT2D eigenvalue weighted by molar-refractivity contribution is -0.142. The molecule has 0 spiro atoms. The Labute approximate surface area is 123 Å². The molecule has 7 heteroatoms. The average molecular weight is 293 g/mol. The van der Waals surface area contributed by atoms with Crippen molar-refractivity contribution >= 4 is 12.1 Å². The number of ether oxygens (including phenoxy) is 1. The number of hydrogen-bond donors (Lipinski definition) is 1. The van der Waals surface area contributed by atoms with Gasteiger partial charge in [0, 0.05) is 31.1 Å². The number of carboxylic acids is 1. The number of carbonyl (C=O) groups excluding carboxylic acids is 1. The Morgan fingerprint density at radius 1 is 1.38 bits per heavy atom. The van der Waals surface area contributed by atoms with Crippen LogP contribution in [-0.2, 0) is 9.53 Å². The van der Waals surface area contributed by atoms with Gasteiger partial charge in [-0.2, -0.15) is 0 Å². The van der Waals surface area contributed by atoms with E-state index in [1.807, 2.05) is 0 Å². The lowest BCUT2D eigenvalue weighted by Gasteiger charge is -2.26. The van der Waals surface area contributed by atoms with Crippen LogP contribution >= 0.6 is 0 Å². The molecular formula is C14H19N3O4. The van der Waals surface area contributed by atoms with E-state index in [0.717, 1.165) is 0 Å². The van der Waals surface area contributed by atoms with Gasteiger partial charge in [-0.1, -0.05) is 0 Å². The highest BCUT2D eigenvalue weighted by molar-refractivity contribution is 5.81. The van der Waals surface area contributed by atoms with Gasteiger partial charge in [-0.15, -0.1) is 0 Å². The van der Waals surface area contributed by atoms with E-state index in [0.29, 0.717) is 12.1 Å². The monoisotopic (exact) mass is 293 g/mol. The van der Waals surface area contributed by atoms with Crippen molar-refractivity contribution in [2.75, 3.05) is 6.54 Å². The number of aromatic nitrogens is 2. The molecule has 2 atom stereocenters. The minimum atomic E-state index is -1.03. The molecule has 1 aliphatic rings. The van der Waals surface area contributed by atoms with Gasteiger partial charge in [-0.25, -0.2) is 9.59 Å². The molecule has 2 rings (SSSR count). The molecule has 2 heterocycles. The number of hydrogen-bond acceptors (Lipinski definition) is 5. The van der Waals surface area contributed by atoms with Gasteiger partial charge in [0.25, 0.3) is 0 Å². The highest BCUT2D eigenvalue weighted by atomic mass is 16.6. The fourth-order valence-electron chi connectivity index (χ4n) is 2.33. The molecule has 0 radical (unpaired) electrons. The first kappa shape index (κ1) is 15.2. The summed E-state index contributed by atoms with van der Waals surface area (Å²) in [5, 5.41) is 9.31. The summed E-state index contributed by atoms with van der Waals surface area (Å²) >= 11 is 0. The predicted octanol–water partition coefficient (Wildman–Crippen LogP) is 1.65. The Hall–Kier alpha value is -2.18. The van der Waals surface area contributed by atoms with Crippen molar-refractivity contribution in [1.82, 2.24) is 14.9 Å². The molecule has 0 bridgehead atoms. The molecule has 1 saturated heterocycles. The average Bonchev–Trinajstić information content (AvgIpc) is 2.83. The number of carbonyl (C=O) groups is 2. The second-order valence-corrected chi connectivity index (χ2v) is 6.05. The number of nitrogens with zero attached hydrogens (tertiary/aromatic N) is 3. The van der Waals surface area contributed by atoms with Crippen molar-refractivity contribution in [3.63, 3.8) is 0 Å². The maximum absolute atomic E-state index is 12.2. The van der Waals surface area contributed by atoms with Crippen LogP contribution < -0.4 is 0 Å². The van der Waals surface area contributed by atoms with Gasteiger partial charge in [-0.05, 0) is 27.2 Å². The van der Waals surface area contributed by atoms with Gasteiger partial charge >= 0.3 is 12.1 Å². The number of carboxylic acid groups (broad SMARTS) is 1. The van der Waals surface area contributed by atoms with E-state index in [1.54, 1.807) is 39.4 Å². The Morgan fingerprint density at radius 3 is 2.62 bits per heavy atom. The van der Waals surface area contributed by atoms with E-state index in [4.69, 9.17) is 4.74 Å². The molecule has 1 unspecified atom stereocenters. The minimum absolute atomic E-state index is 0.146. The van der Waals surface area contributed by atoms with Gasteiger partial charge in [0.1, 0.15) is 11.6 Å². The zero-order valence-electron chi connectivity index (χ0n) is 12.3. The summed E-state index contributed by atoms with van der Waals surface area (Å²) < 4.78 is 5.27. The van der Waals surface area contributed by atoms with Crippen molar-refractivity contribution in [2.24, 2.45) is 0 Å². The second-order valence-electron chi connectivity index (χ2n) is 6.05. The molecule has 1 aromatic rings. The Bertz CT molecular complexity index is 527. The molecule has 1 N–H and O–H groups in total. The first-order chi connectivity index (χ1) is 9.78. The van der Waals surface area contributed by atoms with E-state index >= 15 is 0 Å². The first-order valence-corrected chi connectivity index (χ1v) is 6.76. The molecule has 0 saturated carbocycles. The molecule has 1 amide bonds. The van der Waals surface area contributed by atoms with Gasteiger partial charge in [0.2, 0.25) is 0 Å². The smallest absolute Gasteiger partial charge is 0.411 e. The predicted molar refractivity (Wildman–Crippen MR) is 73.8 cm³/mol. The number of aliphatic carboxylic acids is 1. The lowest BCUT2D eigenvalue weighted by Crippen LogP contribution is -2.43. The van der Waals surface area contributed by atoms with Crippen molar-refractivity contribution in [1.29, 1.82) is 0 Å². The highest BCUT2D eigenvalue weighted by Crippen LogP contribution is 2.31. The Kier molecular flexibility index (Phi) is 4.11. The summed E-state index contributed by atoms with van der Waals surface area (Å²) in [7, 11) is 0. The topological polar surface area (TPSA) is 92.6 Å². The number of amides is 1. The fourth-order valence-corrected chi connectivity index (χ4v) is 2.33. The third-order valence-electron chi connectivity index (χ3n) is 3.22. The van der Waals surface area contributed by atoms with Crippen LogP contribution in [0.1, 0.15) is 38.8 Å². The second kappa shape index (κ2) is 5.67. The van der Waals surface area contributed by atoms with Crippen LogP contribution in [0, 0.1) is 0 Å². The van der Waals surface area contributed by atoms with E-state index in [1.165, 1.54) is 4.90 Å². The number of likely N-dealkylation sites (tertiary alicyclic amines) is 1. The van der Waals surface area contributed by atoms with E-state index in [2.05, 4.69) is 9.97 Å². The molecule has 1 aliphatic heterocycles. The van der Waals surface area contributed by atoms with Gasteiger partial charge < -0.3 is 9.84 Å². The molecule has 7 nitrogen and oxygen atoms in total. The normalized spacial score (nSPS) is 22.1. The zero-order chi connectivity index (χ0) is 15.6. The zero-order valence-corrected chi connectivity index (χ0v) is 12.3. The molecule has 21 heavy (non-hydrogen) atoms. The van der Waals surface area contributed by atoms with Crippen molar-refractivity contribution < 1.29 is 19.4 Å². The fraction of sp³-hybridized carbons (Fsp3) is 0.571. The van der Waals surface area contributed by atoms with Crippen molar-refractivity contribution in [3.05, 3.63) is 24.3 Å². The van der Waals surface area contributed by atoms with Crippen LogP contribution in [0.15, 0.2) is 18.6 Å². The lowest BCUT2D eigenvalue weighted by atomic mass is 10.0. The molecule has 1 aromatic heterocycles. The maximum atomic E-state index is 12.2. The minimum Gasteiger partial charge on any atom is -0.480 e. The highest BCUT2D eigenvalue weighted by Gasteiger charge is 2.42. The van der Waals surface area contributed by atoms with E-state index < -0.39 is 23.7 Å². The van der Waals surface area contributed by atoms with Gasteiger partial charge in [-0.3, -0.25) is 14.9 Å². The summed E-state index contributed by atoms with van der Waals surface area (Å²) in [6.07, 6.45) is 4.41. The SMILES string of the molecule is CC(C)(C)OC(=O)N1CC(c2cnccn2)C[C@@H]1C(=O)O. The van der Waals surface area contributed by atoms with Crippen LogP contribution in [0.5, 0.6) is 0 Å². The van der Waals surface area contributed by atoms with Gasteiger partial charge in [0.05, 0.1) is 5.69 Å². The third kappa shape index (κ3) is 3.68. The van der Waals surface area contributed by atoms with Crippen LogP contribution in [0.2, 0.25) is 0 Å². The Morgan fingerprint density at radius 2 is 2.10 bits per heavy atom. The molecule has 0 aromatic carbocycles. The van der Waals surface area contributed by atoms with Crippen LogP contribution in [0.3, 0.4) is 0 Å². The van der Waals surface area contributed by atoms with Crippen LogP contribution in [-0.4, -0.2) is 50.2 Å². The van der Waals surface area contributed by atoms with Crippen LogP contribution in [0.4, 0.5) is 4.79 Å². The largest absolute Gasteiger partial charge is 0.480 e. The quantitative estimate of drug-likeness (QED) is 0.891. The van der Waals surface area contributed by atoms with Crippen molar-refractivity contribution in [3.8, 4) is 0 Å². The van der Waals surface area contributed by atoms with E-state index in [9.17, 15) is 14.7 Å². The van der Waals surface area contributed by atoms with Gasteiger partial charge in [0.15, 0.2) is 0 Å². The van der Waals surface area contributed by atoms with Crippen LogP contribution in [0.25, 0.3) is 0 Å². The first-order valence-electron chi connectivity index (χ1n) is 6.76. The van der Waals surface area contributed by atoms with Crippen molar-refractivity contribution in [2.45, 2.75) is 44.8 Å². The summed E-state index contributed by atoms with van der Waals surface area (Å²) in [5.41, 5.74) is 0.0277. The standard InChI is InChI=1S/C14H19N3O4/c1-14(2,3)21-13(20)17-8-9(6-11(17)12(18)19)10-7-15-4-5-16-10/h4-5,7,9,11H,6,8H2,1-3H3,(H,18,19)/t9?,11-/m1/s1. The summed E-state index contributed by atoms with van der Waals surface area (Å²) in [4.78, 5) is 33.0. The van der Waals surface area contributed by atoms with E-state index in [-0.39, 0.29) is 12.5 Å². The number of rotatable bonds is 2. The molecule has 114 valence electrons. The summed E-state index contributed by atoms with van der Waals surface area (Å²) in [6.45, 7) is 5.51. The maximum Gasteiger partial charge on any atom is 0.411 e. The molecular weight excluding hydrogens is 274 g/mol. The molecule has 1 fully saturated rings. The summed E-state index contributed by atoms with van der Waals surface area (Å²) in [6, 6.07) is -0.896. The molecule has 0 aliphatic carbocycles.